The summed E-state index contributed by atoms with van der Waals surface area (Å²) in [6, 6.07) is 8.99. The number of nitro groups is 2. The van der Waals surface area contributed by atoms with Gasteiger partial charge in [-0.3, -0.25) is 20.2 Å². The summed E-state index contributed by atoms with van der Waals surface area (Å²) in [6.45, 7) is 0. The number of halogens is 2. The first-order valence-corrected chi connectivity index (χ1v) is 8.21. The standard InChI is InChI=1S/C15H8Br2N2O5/c16-10-5-9-6-13(19(22)23)15(24-14(9)12(17)7-10)8-1-3-11(4-2-8)18(20)21/h1-7,15H. The van der Waals surface area contributed by atoms with Crippen LogP contribution >= 0.6 is 31.9 Å². The van der Waals surface area contributed by atoms with Crippen molar-refractivity contribution in [3.05, 3.63) is 82.4 Å². The average Bonchev–Trinajstić information content (AvgIpc) is 2.53. The molecular formula is C15H8Br2N2O5. The van der Waals surface area contributed by atoms with Crippen LogP contribution < -0.4 is 4.74 Å². The summed E-state index contributed by atoms with van der Waals surface area (Å²) in [6.07, 6.45) is 0.492. The molecule has 0 amide bonds. The first-order chi connectivity index (χ1) is 11.4. The van der Waals surface area contributed by atoms with E-state index in [1.54, 1.807) is 12.1 Å². The van der Waals surface area contributed by atoms with Gasteiger partial charge in [0.2, 0.25) is 6.10 Å². The van der Waals surface area contributed by atoms with Crippen LogP contribution in [-0.2, 0) is 0 Å². The molecule has 0 bridgehead atoms. The van der Waals surface area contributed by atoms with Crippen molar-refractivity contribution in [2.45, 2.75) is 6.10 Å². The molecule has 1 aliphatic rings. The Balaban J connectivity index is 2.08. The molecule has 1 aliphatic heterocycles. The molecule has 0 aromatic heterocycles. The number of benzene rings is 2. The van der Waals surface area contributed by atoms with Crippen molar-refractivity contribution in [2.24, 2.45) is 0 Å². The predicted octanol–water partition coefficient (Wildman–Crippen LogP) is 4.87. The number of ether oxygens (including phenoxy) is 1. The second-order valence-electron chi connectivity index (χ2n) is 4.98. The van der Waals surface area contributed by atoms with Gasteiger partial charge in [0.15, 0.2) is 0 Å². The van der Waals surface area contributed by atoms with Crippen LogP contribution in [0.3, 0.4) is 0 Å². The van der Waals surface area contributed by atoms with Crippen molar-refractivity contribution in [2.75, 3.05) is 0 Å². The van der Waals surface area contributed by atoms with Gasteiger partial charge in [-0.2, -0.15) is 0 Å². The normalized spacial score (nSPS) is 15.9. The van der Waals surface area contributed by atoms with Gasteiger partial charge in [-0.1, -0.05) is 15.9 Å². The molecule has 0 spiro atoms. The largest absolute Gasteiger partial charge is 0.473 e. The van der Waals surface area contributed by atoms with Gasteiger partial charge in [-0.15, -0.1) is 0 Å². The van der Waals surface area contributed by atoms with Gasteiger partial charge in [-0.05, 0) is 40.2 Å². The predicted molar refractivity (Wildman–Crippen MR) is 93.3 cm³/mol. The van der Waals surface area contributed by atoms with Gasteiger partial charge in [0.25, 0.3) is 11.4 Å². The van der Waals surface area contributed by atoms with Gasteiger partial charge in [0, 0.05) is 33.8 Å². The van der Waals surface area contributed by atoms with Crippen molar-refractivity contribution in [3.8, 4) is 5.75 Å². The van der Waals surface area contributed by atoms with Crippen LogP contribution in [0, 0.1) is 20.2 Å². The monoisotopic (exact) mass is 454 g/mol. The molecule has 7 nitrogen and oxygen atoms in total. The Kier molecular flexibility index (Phi) is 4.37. The fourth-order valence-corrected chi connectivity index (χ4v) is 3.73. The highest BCUT2D eigenvalue weighted by Gasteiger charge is 2.34. The molecule has 1 atom stereocenters. The molecule has 1 unspecified atom stereocenters. The lowest BCUT2D eigenvalue weighted by Crippen LogP contribution is -2.20. The Labute approximate surface area is 152 Å². The maximum Gasteiger partial charge on any atom is 0.291 e. The van der Waals surface area contributed by atoms with E-state index in [-0.39, 0.29) is 11.4 Å². The van der Waals surface area contributed by atoms with Crippen LogP contribution in [-0.4, -0.2) is 9.85 Å². The highest BCUT2D eigenvalue weighted by Crippen LogP contribution is 2.43. The Morgan fingerprint density at radius 2 is 1.67 bits per heavy atom. The van der Waals surface area contributed by atoms with E-state index in [2.05, 4.69) is 31.9 Å². The lowest BCUT2D eigenvalue weighted by atomic mass is 10.0. The molecule has 0 radical (unpaired) electrons. The summed E-state index contributed by atoms with van der Waals surface area (Å²) < 4.78 is 7.24. The molecule has 24 heavy (non-hydrogen) atoms. The number of rotatable bonds is 3. The third-order valence-corrected chi connectivity index (χ3v) is 4.51. The van der Waals surface area contributed by atoms with Crippen LogP contribution in [0.15, 0.2) is 51.0 Å². The Morgan fingerprint density at radius 1 is 1.00 bits per heavy atom. The number of hydrogen-bond donors (Lipinski definition) is 0. The van der Waals surface area contributed by atoms with Crippen LogP contribution in [0.1, 0.15) is 17.2 Å². The first-order valence-electron chi connectivity index (χ1n) is 6.63. The first kappa shape index (κ1) is 16.6. The summed E-state index contributed by atoms with van der Waals surface area (Å²) in [5.41, 5.74) is 0.804. The fourth-order valence-electron chi connectivity index (χ4n) is 2.38. The summed E-state index contributed by atoms with van der Waals surface area (Å²) in [5.74, 6) is 0.479. The van der Waals surface area contributed by atoms with E-state index < -0.39 is 16.0 Å². The quantitative estimate of drug-likeness (QED) is 0.485. The van der Waals surface area contributed by atoms with Crippen molar-refractivity contribution in [3.63, 3.8) is 0 Å². The van der Waals surface area contributed by atoms with E-state index in [0.29, 0.717) is 21.3 Å². The zero-order valence-corrected chi connectivity index (χ0v) is 15.0. The smallest absolute Gasteiger partial charge is 0.291 e. The number of nitro benzene ring substituents is 1. The van der Waals surface area contributed by atoms with E-state index in [1.807, 2.05) is 0 Å². The molecule has 9 heteroatoms. The Bertz CT molecular complexity index is 880. The minimum atomic E-state index is -0.953. The van der Waals surface area contributed by atoms with Gasteiger partial charge in [0.05, 0.1) is 14.3 Å². The highest BCUT2D eigenvalue weighted by atomic mass is 79.9. The zero-order chi connectivity index (χ0) is 17.4. The summed E-state index contributed by atoms with van der Waals surface area (Å²) in [7, 11) is 0. The zero-order valence-electron chi connectivity index (χ0n) is 11.8. The van der Waals surface area contributed by atoms with Gasteiger partial charge in [0.1, 0.15) is 5.75 Å². The molecule has 0 N–H and O–H groups in total. The molecule has 2 aromatic carbocycles. The topological polar surface area (TPSA) is 95.5 Å². The lowest BCUT2D eigenvalue weighted by molar-refractivity contribution is -0.434. The minimum Gasteiger partial charge on any atom is -0.473 e. The third-order valence-electron chi connectivity index (χ3n) is 3.46. The maximum atomic E-state index is 11.4. The summed E-state index contributed by atoms with van der Waals surface area (Å²) in [5, 5.41) is 22.2. The Hall–Kier alpha value is -2.26. The fraction of sp³-hybridized carbons (Fsp3) is 0.0667. The lowest BCUT2D eigenvalue weighted by Gasteiger charge is -2.23. The maximum absolute atomic E-state index is 11.4. The molecule has 1 heterocycles. The van der Waals surface area contributed by atoms with Crippen molar-refractivity contribution < 1.29 is 14.6 Å². The second-order valence-corrected chi connectivity index (χ2v) is 6.75. The molecule has 3 rings (SSSR count). The highest BCUT2D eigenvalue weighted by molar-refractivity contribution is 9.11. The molecule has 122 valence electrons. The van der Waals surface area contributed by atoms with E-state index in [1.165, 1.54) is 30.3 Å². The van der Waals surface area contributed by atoms with E-state index in [9.17, 15) is 20.2 Å². The number of nitrogens with zero attached hydrogens (tertiary/aromatic N) is 2. The molecule has 0 saturated carbocycles. The summed E-state index contributed by atoms with van der Waals surface area (Å²) >= 11 is 6.71. The summed E-state index contributed by atoms with van der Waals surface area (Å²) in [4.78, 5) is 21.1. The Morgan fingerprint density at radius 3 is 2.25 bits per heavy atom. The van der Waals surface area contributed by atoms with Crippen LogP contribution in [0.4, 0.5) is 5.69 Å². The second kappa shape index (κ2) is 6.33. The van der Waals surface area contributed by atoms with E-state index in [0.717, 1.165) is 4.47 Å². The average molecular weight is 456 g/mol. The van der Waals surface area contributed by atoms with Crippen LogP contribution in [0.25, 0.3) is 6.08 Å². The van der Waals surface area contributed by atoms with Crippen molar-refractivity contribution in [1.29, 1.82) is 0 Å². The van der Waals surface area contributed by atoms with E-state index >= 15 is 0 Å². The molecule has 0 fully saturated rings. The molecular weight excluding hydrogens is 448 g/mol. The van der Waals surface area contributed by atoms with Gasteiger partial charge >= 0.3 is 0 Å². The van der Waals surface area contributed by atoms with E-state index in [4.69, 9.17) is 4.74 Å². The van der Waals surface area contributed by atoms with Crippen LogP contribution in [0.2, 0.25) is 0 Å². The molecule has 0 saturated heterocycles. The number of fused-ring (bicyclic) bond motifs is 1. The number of non-ortho nitro benzene ring substituents is 1. The van der Waals surface area contributed by atoms with Gasteiger partial charge in [-0.25, -0.2) is 0 Å². The molecule has 2 aromatic rings. The van der Waals surface area contributed by atoms with Gasteiger partial charge < -0.3 is 4.74 Å². The van der Waals surface area contributed by atoms with Crippen LogP contribution in [0.5, 0.6) is 5.75 Å². The third kappa shape index (κ3) is 3.04. The number of hydrogen-bond acceptors (Lipinski definition) is 5. The van der Waals surface area contributed by atoms with Crippen molar-refractivity contribution in [1.82, 2.24) is 0 Å². The molecule has 0 aliphatic carbocycles. The minimum absolute atomic E-state index is 0.0910. The van der Waals surface area contributed by atoms with Crippen molar-refractivity contribution >= 4 is 43.6 Å². The SMILES string of the molecule is O=[N+]([O-])C1=Cc2cc(Br)cc(Br)c2OC1c1ccc([N+](=O)[O-])cc1.